The van der Waals surface area contributed by atoms with E-state index in [1.54, 1.807) is 25.5 Å². The number of aromatic nitrogens is 1. The second kappa shape index (κ2) is 8.38. The van der Waals surface area contributed by atoms with Crippen molar-refractivity contribution in [3.63, 3.8) is 0 Å². The fraction of sp³-hybridized carbons (Fsp3) is 0.375. The van der Waals surface area contributed by atoms with Crippen molar-refractivity contribution in [1.29, 1.82) is 0 Å². The summed E-state index contributed by atoms with van der Waals surface area (Å²) in [6.07, 6.45) is 0. The molecule has 23 heavy (non-hydrogen) atoms. The first kappa shape index (κ1) is 17.1. The Morgan fingerprint density at radius 3 is 2.48 bits per heavy atom. The third kappa shape index (κ3) is 5.14. The van der Waals surface area contributed by atoms with Crippen LogP contribution in [0.4, 0.5) is 5.13 Å². The Kier molecular flexibility index (Phi) is 6.22. The number of anilines is 1. The largest absolute Gasteiger partial charge is 0.497 e. The Bertz CT molecular complexity index is 636. The lowest BCUT2D eigenvalue weighted by molar-refractivity contribution is 0.414. The number of methoxy groups -OCH3 is 1. The Balaban J connectivity index is 1.82. The van der Waals surface area contributed by atoms with E-state index in [0.29, 0.717) is 13.1 Å². The summed E-state index contributed by atoms with van der Waals surface area (Å²) in [5.74, 6) is 1.61. The van der Waals surface area contributed by atoms with Gasteiger partial charge in [-0.1, -0.05) is 12.1 Å². The van der Waals surface area contributed by atoms with Gasteiger partial charge in [0.1, 0.15) is 5.75 Å². The van der Waals surface area contributed by atoms with Crippen molar-refractivity contribution in [1.82, 2.24) is 15.6 Å². The molecular weight excluding hydrogens is 310 g/mol. The van der Waals surface area contributed by atoms with Crippen molar-refractivity contribution in [3.8, 4) is 5.75 Å². The molecule has 0 fully saturated rings. The van der Waals surface area contributed by atoms with Crippen molar-refractivity contribution in [2.24, 2.45) is 4.99 Å². The lowest BCUT2D eigenvalue weighted by atomic mass is 10.2. The lowest BCUT2D eigenvalue weighted by Crippen LogP contribution is -2.36. The van der Waals surface area contributed by atoms with Crippen LogP contribution in [-0.4, -0.2) is 39.2 Å². The summed E-state index contributed by atoms with van der Waals surface area (Å²) >= 11 is 1.63. The zero-order chi connectivity index (χ0) is 16.7. The monoisotopic (exact) mass is 333 g/mol. The maximum Gasteiger partial charge on any atom is 0.191 e. The molecule has 0 aliphatic rings. The molecule has 0 saturated heterocycles. The normalized spacial score (nSPS) is 11.2. The number of hydrogen-bond donors (Lipinski definition) is 2. The Hall–Kier alpha value is -2.28. The van der Waals surface area contributed by atoms with E-state index in [9.17, 15) is 0 Å². The van der Waals surface area contributed by atoms with E-state index in [2.05, 4.69) is 26.0 Å². The van der Waals surface area contributed by atoms with E-state index < -0.39 is 0 Å². The highest BCUT2D eigenvalue weighted by Crippen LogP contribution is 2.17. The van der Waals surface area contributed by atoms with E-state index in [4.69, 9.17) is 4.74 Å². The molecule has 0 aliphatic carbocycles. The molecule has 2 rings (SSSR count). The summed E-state index contributed by atoms with van der Waals surface area (Å²) in [6, 6.07) is 7.96. The maximum absolute atomic E-state index is 5.16. The number of ether oxygens (including phenoxy) is 1. The second-order valence-corrected chi connectivity index (χ2v) is 5.98. The molecule has 2 N–H and O–H groups in total. The van der Waals surface area contributed by atoms with Crippen molar-refractivity contribution in [3.05, 3.63) is 40.9 Å². The Morgan fingerprint density at radius 1 is 1.22 bits per heavy atom. The van der Waals surface area contributed by atoms with E-state index in [1.165, 1.54) is 0 Å². The number of thiazole rings is 1. The van der Waals surface area contributed by atoms with Gasteiger partial charge in [0.2, 0.25) is 0 Å². The van der Waals surface area contributed by atoms with Crippen LogP contribution in [0.1, 0.15) is 11.3 Å². The Labute approximate surface area is 141 Å². The molecule has 1 aromatic carbocycles. The fourth-order valence-electron chi connectivity index (χ4n) is 1.91. The van der Waals surface area contributed by atoms with E-state index in [0.717, 1.165) is 28.1 Å². The number of aliphatic imine (C=N–C) groups is 1. The summed E-state index contributed by atoms with van der Waals surface area (Å²) < 4.78 is 5.16. The van der Waals surface area contributed by atoms with Crippen LogP contribution in [-0.2, 0) is 13.1 Å². The molecule has 7 heteroatoms. The van der Waals surface area contributed by atoms with Crippen molar-refractivity contribution in [2.45, 2.75) is 13.1 Å². The van der Waals surface area contributed by atoms with Crippen molar-refractivity contribution < 1.29 is 4.74 Å². The highest BCUT2D eigenvalue weighted by molar-refractivity contribution is 7.13. The van der Waals surface area contributed by atoms with Gasteiger partial charge in [-0.25, -0.2) is 4.98 Å². The molecule has 1 aromatic heterocycles. The quantitative estimate of drug-likeness (QED) is 0.626. The lowest BCUT2D eigenvalue weighted by Gasteiger charge is -2.11. The average molecular weight is 333 g/mol. The van der Waals surface area contributed by atoms with Crippen LogP contribution in [0.5, 0.6) is 5.75 Å². The van der Waals surface area contributed by atoms with Crippen LogP contribution in [0.2, 0.25) is 0 Å². The first-order valence-corrected chi connectivity index (χ1v) is 8.19. The molecule has 0 atom stereocenters. The van der Waals surface area contributed by atoms with E-state index in [-0.39, 0.29) is 0 Å². The molecule has 0 spiro atoms. The third-order valence-electron chi connectivity index (χ3n) is 3.20. The van der Waals surface area contributed by atoms with Gasteiger partial charge >= 0.3 is 0 Å². The van der Waals surface area contributed by atoms with Crippen LogP contribution >= 0.6 is 11.3 Å². The van der Waals surface area contributed by atoms with Crippen LogP contribution < -0.4 is 20.3 Å². The molecule has 0 bridgehead atoms. The second-order valence-electron chi connectivity index (χ2n) is 5.14. The maximum atomic E-state index is 5.16. The molecule has 124 valence electrons. The molecule has 0 aliphatic heterocycles. The van der Waals surface area contributed by atoms with Crippen molar-refractivity contribution >= 4 is 22.4 Å². The van der Waals surface area contributed by atoms with Gasteiger partial charge in [0.15, 0.2) is 11.1 Å². The average Bonchev–Trinajstić information content (AvgIpc) is 3.05. The van der Waals surface area contributed by atoms with E-state index >= 15 is 0 Å². The molecular formula is C16H23N5OS. The van der Waals surface area contributed by atoms with Crippen LogP contribution in [0.3, 0.4) is 0 Å². The minimum Gasteiger partial charge on any atom is -0.497 e. The summed E-state index contributed by atoms with van der Waals surface area (Å²) in [4.78, 5) is 10.8. The van der Waals surface area contributed by atoms with Crippen molar-refractivity contribution in [2.75, 3.05) is 33.2 Å². The number of nitrogens with one attached hydrogen (secondary N) is 2. The first-order chi connectivity index (χ1) is 11.1. The number of nitrogens with zero attached hydrogens (tertiary/aromatic N) is 3. The summed E-state index contributed by atoms with van der Waals surface area (Å²) in [7, 11) is 7.41. The SMILES string of the molecule is CN=C(NCc1ccc(OC)cc1)NCc1csc(N(C)C)n1. The van der Waals surface area contributed by atoms with E-state index in [1.807, 2.05) is 43.3 Å². The number of guanidine groups is 1. The molecule has 1 heterocycles. The minimum absolute atomic E-state index is 0.645. The molecule has 6 nitrogen and oxygen atoms in total. The summed E-state index contributed by atoms with van der Waals surface area (Å²) in [5, 5.41) is 9.61. The number of hydrogen-bond acceptors (Lipinski definition) is 5. The van der Waals surface area contributed by atoms with Gasteiger partial charge in [0, 0.05) is 33.1 Å². The van der Waals surface area contributed by atoms with Gasteiger partial charge in [-0.05, 0) is 17.7 Å². The minimum atomic E-state index is 0.645. The van der Waals surface area contributed by atoms with Gasteiger partial charge in [0.25, 0.3) is 0 Å². The van der Waals surface area contributed by atoms with Crippen LogP contribution in [0.25, 0.3) is 0 Å². The zero-order valence-corrected chi connectivity index (χ0v) is 14.8. The highest BCUT2D eigenvalue weighted by Gasteiger charge is 2.05. The standard InChI is InChI=1S/C16H23N5OS/c1-17-15(18-9-12-5-7-14(22-4)8-6-12)19-10-13-11-23-16(20-13)21(2)3/h5-8,11H,9-10H2,1-4H3,(H2,17,18,19). The molecule has 0 unspecified atom stereocenters. The van der Waals surface area contributed by atoms with Gasteiger partial charge in [0.05, 0.1) is 19.3 Å². The predicted octanol–water partition coefficient (Wildman–Crippen LogP) is 2.08. The fourth-order valence-corrected chi connectivity index (χ4v) is 2.67. The first-order valence-electron chi connectivity index (χ1n) is 7.31. The smallest absolute Gasteiger partial charge is 0.191 e. The molecule has 2 aromatic rings. The van der Waals surface area contributed by atoms with Gasteiger partial charge in [-0.15, -0.1) is 11.3 Å². The van der Waals surface area contributed by atoms with Gasteiger partial charge in [-0.2, -0.15) is 0 Å². The van der Waals surface area contributed by atoms with Crippen LogP contribution in [0.15, 0.2) is 34.6 Å². The molecule has 0 saturated carbocycles. The zero-order valence-electron chi connectivity index (χ0n) is 14.0. The third-order valence-corrected chi connectivity index (χ3v) is 4.26. The van der Waals surface area contributed by atoms with Gasteiger partial charge in [-0.3, -0.25) is 4.99 Å². The predicted molar refractivity (Wildman–Crippen MR) is 96.5 cm³/mol. The van der Waals surface area contributed by atoms with Gasteiger partial charge < -0.3 is 20.3 Å². The summed E-state index contributed by atoms with van der Waals surface area (Å²) in [6.45, 7) is 1.34. The topological polar surface area (TPSA) is 61.8 Å². The van der Waals surface area contributed by atoms with Crippen LogP contribution in [0, 0.1) is 0 Å². The molecule has 0 amide bonds. The highest BCUT2D eigenvalue weighted by atomic mass is 32.1. The number of rotatable bonds is 6. The number of benzene rings is 1. The molecule has 0 radical (unpaired) electrons. The Morgan fingerprint density at radius 2 is 1.91 bits per heavy atom. The summed E-state index contributed by atoms with van der Waals surface area (Å²) in [5.41, 5.74) is 2.17.